The van der Waals surface area contributed by atoms with Crippen LogP contribution in [-0.4, -0.2) is 28.7 Å². The highest BCUT2D eigenvalue weighted by atomic mass is 16.2. The predicted octanol–water partition coefficient (Wildman–Crippen LogP) is 0.591. The van der Waals surface area contributed by atoms with Gasteiger partial charge in [-0.2, -0.15) is 5.10 Å². The highest BCUT2D eigenvalue weighted by molar-refractivity contribution is 6.09. The highest BCUT2D eigenvalue weighted by Gasteiger charge is 2.27. The van der Waals surface area contributed by atoms with Crippen LogP contribution in [0.15, 0.2) is 18.2 Å². The van der Waals surface area contributed by atoms with E-state index in [4.69, 9.17) is 5.73 Å². The molecule has 0 aliphatic carbocycles. The lowest BCUT2D eigenvalue weighted by Crippen LogP contribution is -2.49. The number of para-hydroxylation sites is 1. The van der Waals surface area contributed by atoms with Gasteiger partial charge in [0.25, 0.3) is 0 Å². The number of aromatic nitrogens is 2. The van der Waals surface area contributed by atoms with Crippen LogP contribution in [-0.2, 0) is 4.79 Å². The number of rotatable bonds is 1. The third-order valence-electron chi connectivity index (χ3n) is 2.92. The van der Waals surface area contributed by atoms with E-state index in [1.807, 2.05) is 6.07 Å². The number of hydrogen-bond acceptors (Lipinski definition) is 4. The number of amides is 3. The Kier molecular flexibility index (Phi) is 2.19. The first-order valence-corrected chi connectivity index (χ1v) is 5.51. The fourth-order valence-electron chi connectivity index (χ4n) is 2.02. The minimum absolute atomic E-state index is 0.266. The topological polar surface area (TPSA) is 104 Å². The van der Waals surface area contributed by atoms with Gasteiger partial charge in [-0.05, 0) is 12.1 Å². The Morgan fingerprint density at radius 1 is 1.33 bits per heavy atom. The Bertz CT molecular complexity index is 648. The number of nitrogens with two attached hydrogens (primary N) is 1. The average Bonchev–Trinajstić information content (AvgIpc) is 2.74. The van der Waals surface area contributed by atoms with Gasteiger partial charge in [-0.15, -0.1) is 0 Å². The van der Waals surface area contributed by atoms with E-state index in [2.05, 4.69) is 15.5 Å². The molecule has 3 rings (SSSR count). The van der Waals surface area contributed by atoms with E-state index in [9.17, 15) is 9.59 Å². The van der Waals surface area contributed by atoms with E-state index < -0.39 is 6.03 Å². The van der Waals surface area contributed by atoms with Gasteiger partial charge in [0.15, 0.2) is 5.82 Å². The van der Waals surface area contributed by atoms with Crippen molar-refractivity contribution >= 4 is 34.3 Å². The fraction of sp³-hybridized carbons (Fsp3) is 0.182. The standard InChI is InChI=1S/C11H11N5O2/c12-7-3-1-2-6-9(7)14-15-10(6)16-5-4-8(17)13-11(16)18/h1-3H,4-5,12H2,(H,14,15)(H,13,17,18). The van der Waals surface area contributed by atoms with Crippen LogP contribution in [0.25, 0.3) is 10.9 Å². The molecule has 7 heteroatoms. The molecule has 0 atom stereocenters. The first-order valence-electron chi connectivity index (χ1n) is 5.51. The molecule has 0 unspecified atom stereocenters. The van der Waals surface area contributed by atoms with Gasteiger partial charge in [0, 0.05) is 18.4 Å². The summed E-state index contributed by atoms with van der Waals surface area (Å²) in [6.07, 6.45) is 0.266. The SMILES string of the molecule is Nc1cccc2c(N3CCC(=O)NC3=O)n[nH]c12. The van der Waals surface area contributed by atoms with Crippen molar-refractivity contribution < 1.29 is 9.59 Å². The van der Waals surface area contributed by atoms with E-state index in [0.717, 1.165) is 5.39 Å². The monoisotopic (exact) mass is 245 g/mol. The maximum atomic E-state index is 11.7. The number of nitrogen functional groups attached to an aromatic ring is 1. The summed E-state index contributed by atoms with van der Waals surface area (Å²) in [7, 11) is 0. The van der Waals surface area contributed by atoms with Crippen LogP contribution in [0.2, 0.25) is 0 Å². The number of carbonyl (C=O) groups is 2. The highest BCUT2D eigenvalue weighted by Crippen LogP contribution is 2.28. The molecule has 4 N–H and O–H groups in total. The summed E-state index contributed by atoms with van der Waals surface area (Å²) >= 11 is 0. The minimum atomic E-state index is -0.456. The maximum absolute atomic E-state index is 11.7. The number of benzene rings is 1. The van der Waals surface area contributed by atoms with E-state index >= 15 is 0 Å². The average molecular weight is 245 g/mol. The molecule has 1 aliphatic heterocycles. The van der Waals surface area contributed by atoms with Crippen molar-refractivity contribution in [2.45, 2.75) is 6.42 Å². The third kappa shape index (κ3) is 1.48. The predicted molar refractivity (Wildman–Crippen MR) is 66.0 cm³/mol. The van der Waals surface area contributed by atoms with E-state index in [-0.39, 0.29) is 12.3 Å². The van der Waals surface area contributed by atoms with Crippen molar-refractivity contribution in [2.75, 3.05) is 17.2 Å². The molecule has 0 bridgehead atoms. The van der Waals surface area contributed by atoms with E-state index in [1.54, 1.807) is 12.1 Å². The van der Waals surface area contributed by atoms with Crippen molar-refractivity contribution in [2.24, 2.45) is 0 Å². The summed E-state index contributed by atoms with van der Waals surface area (Å²) in [6, 6.07) is 4.92. The summed E-state index contributed by atoms with van der Waals surface area (Å²) < 4.78 is 0. The second-order valence-electron chi connectivity index (χ2n) is 4.07. The maximum Gasteiger partial charge on any atom is 0.329 e. The molecule has 2 heterocycles. The van der Waals surface area contributed by atoms with Crippen LogP contribution in [0, 0.1) is 0 Å². The molecule has 7 nitrogen and oxygen atoms in total. The van der Waals surface area contributed by atoms with Gasteiger partial charge in [0.05, 0.1) is 11.2 Å². The van der Waals surface area contributed by atoms with Crippen molar-refractivity contribution in [3.8, 4) is 0 Å². The van der Waals surface area contributed by atoms with Gasteiger partial charge in [-0.3, -0.25) is 20.1 Å². The Hall–Kier alpha value is -2.57. The van der Waals surface area contributed by atoms with Crippen LogP contribution in [0.4, 0.5) is 16.3 Å². The number of aromatic amines is 1. The van der Waals surface area contributed by atoms with Crippen molar-refractivity contribution in [1.82, 2.24) is 15.5 Å². The number of H-pyrrole nitrogens is 1. The zero-order valence-electron chi connectivity index (χ0n) is 9.43. The van der Waals surface area contributed by atoms with Gasteiger partial charge < -0.3 is 5.73 Å². The molecule has 92 valence electrons. The molecule has 3 amide bonds. The van der Waals surface area contributed by atoms with Crippen LogP contribution in [0.5, 0.6) is 0 Å². The number of nitrogens with zero attached hydrogens (tertiary/aromatic N) is 2. The molecule has 1 fully saturated rings. The Balaban J connectivity index is 2.07. The van der Waals surface area contributed by atoms with E-state index in [1.165, 1.54) is 4.90 Å². The van der Waals surface area contributed by atoms with Gasteiger partial charge in [-0.1, -0.05) is 6.07 Å². The Morgan fingerprint density at radius 2 is 2.17 bits per heavy atom. The van der Waals surface area contributed by atoms with Crippen molar-refractivity contribution in [3.63, 3.8) is 0 Å². The molecule has 0 radical (unpaired) electrons. The number of anilines is 2. The molecular formula is C11H11N5O2. The molecule has 1 saturated heterocycles. The lowest BCUT2D eigenvalue weighted by Gasteiger charge is -2.24. The molecule has 0 saturated carbocycles. The lowest BCUT2D eigenvalue weighted by atomic mass is 10.2. The van der Waals surface area contributed by atoms with E-state index in [0.29, 0.717) is 23.6 Å². The number of imide groups is 1. The summed E-state index contributed by atoms with van der Waals surface area (Å²) in [6.45, 7) is 0.319. The van der Waals surface area contributed by atoms with Gasteiger partial charge in [0.1, 0.15) is 0 Å². The smallest absolute Gasteiger partial charge is 0.329 e. The quantitative estimate of drug-likeness (QED) is 0.639. The summed E-state index contributed by atoms with van der Waals surface area (Å²) in [5, 5.41) is 9.93. The van der Waals surface area contributed by atoms with Crippen LogP contribution < -0.4 is 16.0 Å². The largest absolute Gasteiger partial charge is 0.397 e. The summed E-state index contributed by atoms with van der Waals surface area (Å²) in [5.41, 5.74) is 7.07. The van der Waals surface area contributed by atoms with Gasteiger partial charge >= 0.3 is 6.03 Å². The van der Waals surface area contributed by atoms with Gasteiger partial charge in [-0.25, -0.2) is 4.79 Å². The summed E-state index contributed by atoms with van der Waals surface area (Å²) in [5.74, 6) is 0.220. The van der Waals surface area contributed by atoms with Gasteiger partial charge in [0.2, 0.25) is 5.91 Å². The first-order chi connectivity index (χ1) is 8.66. The van der Waals surface area contributed by atoms with Crippen molar-refractivity contribution in [3.05, 3.63) is 18.2 Å². The van der Waals surface area contributed by atoms with Crippen LogP contribution in [0.3, 0.4) is 0 Å². The molecule has 1 aliphatic rings. The molecule has 2 aromatic rings. The second-order valence-corrected chi connectivity index (χ2v) is 4.07. The zero-order valence-corrected chi connectivity index (χ0v) is 9.43. The zero-order chi connectivity index (χ0) is 12.7. The molecule has 18 heavy (non-hydrogen) atoms. The molecule has 0 spiro atoms. The first kappa shape index (κ1) is 10.6. The Labute approximate surface area is 102 Å². The van der Waals surface area contributed by atoms with Crippen molar-refractivity contribution in [1.29, 1.82) is 0 Å². The number of hydrogen-bond donors (Lipinski definition) is 3. The second kappa shape index (κ2) is 3.73. The molecular weight excluding hydrogens is 234 g/mol. The third-order valence-corrected chi connectivity index (χ3v) is 2.92. The summed E-state index contributed by atoms with van der Waals surface area (Å²) in [4.78, 5) is 24.3. The number of nitrogens with one attached hydrogen (secondary N) is 2. The lowest BCUT2D eigenvalue weighted by molar-refractivity contribution is -0.120. The van der Waals surface area contributed by atoms with Crippen LogP contribution in [0.1, 0.15) is 6.42 Å². The molecule has 1 aromatic heterocycles. The number of fused-ring (bicyclic) bond motifs is 1. The number of carbonyl (C=O) groups excluding carboxylic acids is 2. The minimum Gasteiger partial charge on any atom is -0.397 e. The fourth-order valence-corrected chi connectivity index (χ4v) is 2.02. The number of urea groups is 1. The Morgan fingerprint density at radius 3 is 2.94 bits per heavy atom. The molecule has 1 aromatic carbocycles. The normalized spacial score (nSPS) is 16.1. The van der Waals surface area contributed by atoms with Crippen LogP contribution >= 0.6 is 0 Å².